The Morgan fingerprint density at radius 1 is 1.44 bits per heavy atom. The molecule has 2 unspecified atom stereocenters. The van der Waals surface area contributed by atoms with Crippen LogP contribution in [-0.2, 0) is 0 Å². The molecule has 18 heavy (non-hydrogen) atoms. The Kier molecular flexibility index (Phi) is 4.00. The maximum Gasteiger partial charge on any atom is 0.0181 e. The molecule has 0 radical (unpaired) electrons. The van der Waals surface area contributed by atoms with E-state index in [-0.39, 0.29) is 5.41 Å². The molecule has 0 aromatic heterocycles. The highest BCUT2D eigenvalue weighted by Gasteiger charge is 2.46. The van der Waals surface area contributed by atoms with Gasteiger partial charge in [0.2, 0.25) is 0 Å². The summed E-state index contributed by atoms with van der Waals surface area (Å²) in [5, 5.41) is 0. The highest BCUT2D eigenvalue weighted by Crippen LogP contribution is 2.56. The van der Waals surface area contributed by atoms with Crippen LogP contribution in [0.25, 0.3) is 0 Å². The van der Waals surface area contributed by atoms with E-state index in [9.17, 15) is 0 Å². The van der Waals surface area contributed by atoms with Crippen molar-refractivity contribution in [3.63, 3.8) is 0 Å². The van der Waals surface area contributed by atoms with Crippen molar-refractivity contribution in [1.82, 2.24) is 0 Å². The van der Waals surface area contributed by atoms with Crippen LogP contribution in [0.3, 0.4) is 0 Å². The van der Waals surface area contributed by atoms with E-state index in [1.54, 1.807) is 0 Å². The lowest BCUT2D eigenvalue weighted by molar-refractivity contribution is 0.331. The van der Waals surface area contributed by atoms with Gasteiger partial charge in [0.15, 0.2) is 0 Å². The SMILES string of the molecule is C=C/C=C1\C(=C/CI)C(C)(C)C2C=C(C)C=CC12. The molecule has 0 aromatic rings. The van der Waals surface area contributed by atoms with Crippen LogP contribution in [0.5, 0.6) is 0 Å². The average Bonchev–Trinajstić information content (AvgIpc) is 2.52. The standard InChI is InChI=1S/C17H21I/c1-5-6-13-14-8-7-12(2)11-16(14)17(3,4)15(13)9-10-18/h5-9,11,14,16H,1,10H2,2-4H3/b13-6-,15-9+. The van der Waals surface area contributed by atoms with Crippen LogP contribution in [0.2, 0.25) is 0 Å². The summed E-state index contributed by atoms with van der Waals surface area (Å²) >= 11 is 2.43. The highest BCUT2D eigenvalue weighted by molar-refractivity contribution is 14.1. The molecule has 2 aliphatic carbocycles. The van der Waals surface area contributed by atoms with Gasteiger partial charge in [-0.15, -0.1) is 0 Å². The van der Waals surface area contributed by atoms with Gasteiger partial charge in [0.25, 0.3) is 0 Å². The van der Waals surface area contributed by atoms with E-state index < -0.39 is 0 Å². The Bertz CT molecular complexity index is 472. The molecule has 0 spiro atoms. The van der Waals surface area contributed by atoms with Gasteiger partial charge in [-0.1, -0.05) is 85.0 Å². The second-order valence-corrected chi connectivity index (χ2v) is 6.55. The lowest BCUT2D eigenvalue weighted by atomic mass is 9.74. The minimum atomic E-state index is 0.219. The van der Waals surface area contributed by atoms with Crippen LogP contribution >= 0.6 is 22.6 Å². The summed E-state index contributed by atoms with van der Waals surface area (Å²) in [5.41, 5.74) is 4.56. The van der Waals surface area contributed by atoms with Crippen molar-refractivity contribution in [2.24, 2.45) is 17.3 Å². The van der Waals surface area contributed by atoms with Crippen LogP contribution in [-0.4, -0.2) is 4.43 Å². The second-order valence-electron chi connectivity index (χ2n) is 5.67. The van der Waals surface area contributed by atoms with Crippen LogP contribution in [0.15, 0.2) is 59.8 Å². The molecule has 2 rings (SSSR count). The second kappa shape index (κ2) is 5.20. The summed E-state index contributed by atoms with van der Waals surface area (Å²) in [6.07, 6.45) is 13.6. The van der Waals surface area contributed by atoms with E-state index in [4.69, 9.17) is 0 Å². The minimum Gasteiger partial charge on any atom is -0.0991 e. The van der Waals surface area contributed by atoms with Crippen molar-refractivity contribution in [2.45, 2.75) is 20.8 Å². The lowest BCUT2D eigenvalue weighted by Crippen LogP contribution is -2.22. The van der Waals surface area contributed by atoms with Crippen molar-refractivity contribution < 1.29 is 0 Å². The van der Waals surface area contributed by atoms with Gasteiger partial charge in [-0.2, -0.15) is 0 Å². The summed E-state index contributed by atoms with van der Waals surface area (Å²) in [4.78, 5) is 0. The quantitative estimate of drug-likeness (QED) is 0.470. The first-order valence-corrected chi connectivity index (χ1v) is 8.01. The van der Waals surface area contributed by atoms with Gasteiger partial charge in [0.1, 0.15) is 0 Å². The van der Waals surface area contributed by atoms with Crippen molar-refractivity contribution >= 4 is 22.6 Å². The molecule has 0 amide bonds. The van der Waals surface area contributed by atoms with E-state index in [0.717, 1.165) is 4.43 Å². The molecule has 0 aromatic carbocycles. The summed E-state index contributed by atoms with van der Waals surface area (Å²) in [5.74, 6) is 1.11. The Hall–Kier alpha value is -0.570. The monoisotopic (exact) mass is 352 g/mol. The zero-order chi connectivity index (χ0) is 13.3. The number of halogens is 1. The molecular formula is C17H21I. The van der Waals surface area contributed by atoms with Gasteiger partial charge in [0.05, 0.1) is 0 Å². The van der Waals surface area contributed by atoms with Crippen molar-refractivity contribution in [2.75, 3.05) is 4.43 Å². The smallest absolute Gasteiger partial charge is 0.0181 e. The van der Waals surface area contributed by atoms with Crippen LogP contribution < -0.4 is 0 Å². The zero-order valence-corrected chi connectivity index (χ0v) is 13.6. The van der Waals surface area contributed by atoms with Crippen LogP contribution in [0, 0.1) is 17.3 Å². The molecule has 0 aliphatic heterocycles. The molecule has 1 saturated carbocycles. The molecule has 0 nitrogen and oxygen atoms in total. The van der Waals surface area contributed by atoms with E-state index in [1.807, 2.05) is 6.08 Å². The average molecular weight is 352 g/mol. The fourth-order valence-electron chi connectivity index (χ4n) is 3.29. The van der Waals surface area contributed by atoms with Gasteiger partial charge >= 0.3 is 0 Å². The first-order chi connectivity index (χ1) is 8.52. The van der Waals surface area contributed by atoms with Crippen LogP contribution in [0.1, 0.15) is 20.8 Å². The molecule has 2 aliphatic rings. The molecule has 0 bridgehead atoms. The maximum absolute atomic E-state index is 3.87. The predicted molar refractivity (Wildman–Crippen MR) is 88.9 cm³/mol. The maximum atomic E-state index is 3.87. The number of allylic oxidation sites excluding steroid dienone is 9. The van der Waals surface area contributed by atoms with E-state index >= 15 is 0 Å². The van der Waals surface area contributed by atoms with Gasteiger partial charge < -0.3 is 0 Å². The third-order valence-corrected chi connectivity index (χ3v) is 4.61. The highest BCUT2D eigenvalue weighted by atomic mass is 127. The fraction of sp³-hybridized carbons (Fsp3) is 0.412. The van der Waals surface area contributed by atoms with E-state index in [1.165, 1.54) is 16.7 Å². The number of fused-ring (bicyclic) bond motifs is 1. The Labute approximate surface area is 124 Å². The molecule has 0 N–H and O–H groups in total. The molecule has 0 heterocycles. The van der Waals surface area contributed by atoms with Gasteiger partial charge in [-0.3, -0.25) is 0 Å². The predicted octanol–water partition coefficient (Wildman–Crippen LogP) is 5.25. The number of hydrogen-bond donors (Lipinski definition) is 0. The normalized spacial score (nSPS) is 33.7. The third-order valence-electron chi connectivity index (χ3n) is 4.17. The molecule has 2 atom stereocenters. The molecule has 0 saturated heterocycles. The van der Waals surface area contributed by atoms with Gasteiger partial charge in [0, 0.05) is 10.3 Å². The third kappa shape index (κ3) is 2.18. The van der Waals surface area contributed by atoms with Gasteiger partial charge in [-0.25, -0.2) is 0 Å². The van der Waals surface area contributed by atoms with E-state index in [2.05, 4.69) is 80.3 Å². The Balaban J connectivity index is 2.56. The minimum absolute atomic E-state index is 0.219. The van der Waals surface area contributed by atoms with Crippen LogP contribution in [0.4, 0.5) is 0 Å². The van der Waals surface area contributed by atoms with Crippen molar-refractivity contribution in [3.8, 4) is 0 Å². The topological polar surface area (TPSA) is 0 Å². The lowest BCUT2D eigenvalue weighted by Gasteiger charge is -2.29. The molecular weight excluding hydrogens is 331 g/mol. The fourth-order valence-corrected chi connectivity index (χ4v) is 3.73. The Morgan fingerprint density at radius 2 is 2.17 bits per heavy atom. The summed E-state index contributed by atoms with van der Waals surface area (Å²) < 4.78 is 1.07. The summed E-state index contributed by atoms with van der Waals surface area (Å²) in [7, 11) is 0. The number of hydrogen-bond acceptors (Lipinski definition) is 0. The van der Waals surface area contributed by atoms with Crippen molar-refractivity contribution in [1.29, 1.82) is 0 Å². The largest absolute Gasteiger partial charge is 0.0991 e. The number of rotatable bonds is 2. The number of alkyl halides is 1. The summed E-state index contributed by atoms with van der Waals surface area (Å²) in [6.45, 7) is 10.8. The molecule has 96 valence electrons. The van der Waals surface area contributed by atoms with Gasteiger partial charge in [-0.05, 0) is 29.4 Å². The molecule has 1 fully saturated rings. The molecule has 1 heteroatoms. The Morgan fingerprint density at radius 3 is 2.78 bits per heavy atom. The van der Waals surface area contributed by atoms with E-state index in [0.29, 0.717) is 11.8 Å². The summed E-state index contributed by atoms with van der Waals surface area (Å²) in [6, 6.07) is 0. The first-order valence-electron chi connectivity index (χ1n) is 6.48. The first kappa shape index (κ1) is 13.9. The van der Waals surface area contributed by atoms with Crippen molar-refractivity contribution in [3.05, 3.63) is 59.8 Å². The zero-order valence-electron chi connectivity index (χ0n) is 11.4.